The number of rotatable bonds is 3. The van der Waals surface area contributed by atoms with Crippen LogP contribution < -0.4 is 9.80 Å². The van der Waals surface area contributed by atoms with Gasteiger partial charge in [0.25, 0.3) is 0 Å². The number of nitrogens with zero attached hydrogens (tertiary/aromatic N) is 9. The van der Waals surface area contributed by atoms with Crippen LogP contribution in [0.1, 0.15) is 37.9 Å². The highest BCUT2D eigenvalue weighted by Gasteiger charge is 2.33. The molecule has 10 nitrogen and oxygen atoms in total. The highest BCUT2D eigenvalue weighted by atomic mass is 16.2. The van der Waals surface area contributed by atoms with Gasteiger partial charge in [-0.15, -0.1) is 0 Å². The molecule has 34 heavy (non-hydrogen) atoms. The van der Waals surface area contributed by atoms with E-state index in [0.29, 0.717) is 19.6 Å². The van der Waals surface area contributed by atoms with E-state index in [4.69, 9.17) is 4.98 Å². The van der Waals surface area contributed by atoms with Crippen LogP contribution in [-0.2, 0) is 17.8 Å². The second kappa shape index (κ2) is 9.15. The number of amides is 1. The van der Waals surface area contributed by atoms with E-state index in [1.165, 1.54) is 19.3 Å². The highest BCUT2D eigenvalue weighted by Crippen LogP contribution is 2.30. The quantitative estimate of drug-likeness (QED) is 0.584. The third-order valence-electron chi connectivity index (χ3n) is 7.37. The largest absolute Gasteiger partial charge is 0.354 e. The maximum atomic E-state index is 13.4. The molecule has 3 aromatic heterocycles. The summed E-state index contributed by atoms with van der Waals surface area (Å²) in [6, 6.07) is 1.82. The van der Waals surface area contributed by atoms with Gasteiger partial charge in [0, 0.05) is 64.6 Å². The average molecular weight is 462 g/mol. The molecule has 3 aromatic rings. The Kier molecular flexibility index (Phi) is 5.72. The first kappa shape index (κ1) is 21.2. The molecule has 1 unspecified atom stereocenters. The Labute approximate surface area is 199 Å². The number of piperazine rings is 1. The van der Waals surface area contributed by atoms with Crippen molar-refractivity contribution >= 4 is 28.8 Å². The van der Waals surface area contributed by atoms with Gasteiger partial charge < -0.3 is 19.3 Å². The Bertz CT molecular complexity index is 1160. The Balaban J connectivity index is 1.16. The van der Waals surface area contributed by atoms with Crippen molar-refractivity contribution in [3.8, 4) is 0 Å². The second-order valence-corrected chi connectivity index (χ2v) is 9.51. The van der Waals surface area contributed by atoms with Crippen molar-refractivity contribution in [1.29, 1.82) is 0 Å². The van der Waals surface area contributed by atoms with Crippen molar-refractivity contribution in [3.05, 3.63) is 30.6 Å². The van der Waals surface area contributed by atoms with Crippen molar-refractivity contribution in [2.24, 2.45) is 5.92 Å². The Morgan fingerprint density at radius 1 is 0.853 bits per heavy atom. The number of fused-ring (bicyclic) bond motifs is 3. The first-order valence-electron chi connectivity index (χ1n) is 12.5. The molecule has 0 spiro atoms. The molecule has 0 N–H and O–H groups in total. The summed E-state index contributed by atoms with van der Waals surface area (Å²) in [5.41, 5.74) is 1.83. The van der Waals surface area contributed by atoms with Crippen LogP contribution in [0.4, 0.5) is 11.8 Å². The maximum absolute atomic E-state index is 13.4. The SMILES string of the molecule is O=C(C1CCCN(c2ncnc3c2nc2n3CCCCC2)C1)N1CCN(c2ncccn2)CC1. The van der Waals surface area contributed by atoms with Gasteiger partial charge in [-0.2, -0.15) is 0 Å². The number of piperidine rings is 1. The van der Waals surface area contributed by atoms with E-state index < -0.39 is 0 Å². The molecule has 0 radical (unpaired) electrons. The monoisotopic (exact) mass is 461 g/mol. The fourth-order valence-electron chi connectivity index (χ4n) is 5.57. The van der Waals surface area contributed by atoms with Crippen LogP contribution in [0, 0.1) is 5.92 Å². The van der Waals surface area contributed by atoms with Gasteiger partial charge in [0.05, 0.1) is 5.92 Å². The van der Waals surface area contributed by atoms with Crippen LogP contribution in [0.2, 0.25) is 0 Å². The fraction of sp³-hybridized carbons (Fsp3) is 0.583. The topological polar surface area (TPSA) is 96.2 Å². The zero-order chi connectivity index (χ0) is 22.9. The minimum atomic E-state index is -0.0151. The van der Waals surface area contributed by atoms with Crippen LogP contribution >= 0.6 is 0 Å². The fourth-order valence-corrected chi connectivity index (χ4v) is 5.57. The number of aryl methyl sites for hydroxylation is 2. The van der Waals surface area contributed by atoms with E-state index in [2.05, 4.69) is 34.3 Å². The van der Waals surface area contributed by atoms with Gasteiger partial charge in [0.15, 0.2) is 17.0 Å². The van der Waals surface area contributed by atoms with E-state index in [1.54, 1.807) is 18.7 Å². The molecule has 0 aromatic carbocycles. The lowest BCUT2D eigenvalue weighted by Gasteiger charge is -2.39. The molecule has 6 rings (SSSR count). The molecular formula is C24H31N9O. The second-order valence-electron chi connectivity index (χ2n) is 9.51. The van der Waals surface area contributed by atoms with E-state index in [-0.39, 0.29) is 11.8 Å². The number of carbonyl (C=O) groups is 1. The normalized spacial score (nSPS) is 21.4. The third kappa shape index (κ3) is 3.95. The Hall–Kier alpha value is -3.30. The number of anilines is 2. The van der Waals surface area contributed by atoms with Crippen LogP contribution in [0.3, 0.4) is 0 Å². The van der Waals surface area contributed by atoms with Crippen molar-refractivity contribution in [2.75, 3.05) is 49.1 Å². The summed E-state index contributed by atoms with van der Waals surface area (Å²) in [6.07, 6.45) is 11.7. The summed E-state index contributed by atoms with van der Waals surface area (Å²) in [6.45, 7) is 5.51. The zero-order valence-electron chi connectivity index (χ0n) is 19.5. The van der Waals surface area contributed by atoms with E-state index in [0.717, 1.165) is 74.2 Å². The zero-order valence-corrected chi connectivity index (χ0v) is 19.5. The molecule has 2 saturated heterocycles. The van der Waals surface area contributed by atoms with Gasteiger partial charge >= 0.3 is 0 Å². The molecule has 0 aliphatic carbocycles. The minimum absolute atomic E-state index is 0.0151. The summed E-state index contributed by atoms with van der Waals surface area (Å²) in [4.78, 5) is 42.7. The number of hydrogen-bond donors (Lipinski definition) is 0. The number of imidazole rings is 1. The van der Waals surface area contributed by atoms with Crippen molar-refractivity contribution in [2.45, 2.75) is 45.1 Å². The van der Waals surface area contributed by atoms with Crippen LogP contribution in [-0.4, -0.2) is 79.6 Å². The number of aromatic nitrogens is 6. The molecule has 0 saturated carbocycles. The minimum Gasteiger partial charge on any atom is -0.354 e. The maximum Gasteiger partial charge on any atom is 0.227 e. The smallest absolute Gasteiger partial charge is 0.227 e. The third-order valence-corrected chi connectivity index (χ3v) is 7.37. The molecule has 1 atom stereocenters. The summed E-state index contributed by atoms with van der Waals surface area (Å²) >= 11 is 0. The molecule has 10 heteroatoms. The molecule has 2 fully saturated rings. The molecule has 3 aliphatic rings. The summed E-state index contributed by atoms with van der Waals surface area (Å²) < 4.78 is 2.27. The van der Waals surface area contributed by atoms with Gasteiger partial charge in [-0.1, -0.05) is 6.42 Å². The molecule has 1 amide bonds. The van der Waals surface area contributed by atoms with E-state index >= 15 is 0 Å². The lowest BCUT2D eigenvalue weighted by atomic mass is 9.96. The number of hydrogen-bond acceptors (Lipinski definition) is 8. The van der Waals surface area contributed by atoms with Gasteiger partial charge in [0.2, 0.25) is 11.9 Å². The lowest BCUT2D eigenvalue weighted by molar-refractivity contribution is -0.136. The average Bonchev–Trinajstić information content (AvgIpc) is 3.09. The molecule has 3 aliphatic heterocycles. The molecular weight excluding hydrogens is 430 g/mol. The predicted molar refractivity (Wildman–Crippen MR) is 129 cm³/mol. The van der Waals surface area contributed by atoms with Crippen molar-refractivity contribution in [1.82, 2.24) is 34.4 Å². The molecule has 178 valence electrons. The predicted octanol–water partition coefficient (Wildman–Crippen LogP) is 1.91. The first-order valence-corrected chi connectivity index (χ1v) is 12.5. The summed E-state index contributed by atoms with van der Waals surface area (Å²) in [5.74, 6) is 2.99. The molecule has 0 bridgehead atoms. The van der Waals surface area contributed by atoms with Crippen LogP contribution in [0.15, 0.2) is 24.8 Å². The van der Waals surface area contributed by atoms with Crippen LogP contribution in [0.5, 0.6) is 0 Å². The summed E-state index contributed by atoms with van der Waals surface area (Å²) in [7, 11) is 0. The first-order chi connectivity index (χ1) is 16.8. The van der Waals surface area contributed by atoms with Crippen LogP contribution in [0.25, 0.3) is 11.2 Å². The van der Waals surface area contributed by atoms with E-state index in [9.17, 15) is 4.79 Å². The standard InChI is InChI=1S/C24H31N9O/c34-23(30-12-14-31(15-13-30)24-25-8-5-9-26-24)18-6-4-10-32(16-18)21-20-22(28-17-27-21)33-11-3-1-2-7-19(33)29-20/h5,8-9,17-18H,1-4,6-7,10-16H2. The van der Waals surface area contributed by atoms with Crippen molar-refractivity contribution in [3.63, 3.8) is 0 Å². The van der Waals surface area contributed by atoms with Gasteiger partial charge in [-0.3, -0.25) is 4.79 Å². The van der Waals surface area contributed by atoms with Gasteiger partial charge in [-0.05, 0) is 31.7 Å². The Morgan fingerprint density at radius 2 is 1.71 bits per heavy atom. The lowest BCUT2D eigenvalue weighted by Crippen LogP contribution is -2.53. The van der Waals surface area contributed by atoms with E-state index in [1.807, 2.05) is 11.0 Å². The van der Waals surface area contributed by atoms with Crippen molar-refractivity contribution < 1.29 is 4.79 Å². The highest BCUT2D eigenvalue weighted by molar-refractivity contribution is 5.85. The van der Waals surface area contributed by atoms with Gasteiger partial charge in [-0.25, -0.2) is 24.9 Å². The summed E-state index contributed by atoms with van der Waals surface area (Å²) in [5, 5.41) is 0. The Morgan fingerprint density at radius 3 is 2.56 bits per heavy atom. The molecule has 6 heterocycles. The van der Waals surface area contributed by atoms with Gasteiger partial charge in [0.1, 0.15) is 12.2 Å². The number of carbonyl (C=O) groups excluding carboxylic acids is 1.